The molecule has 2 aromatic carbocycles. The predicted octanol–water partition coefficient (Wildman–Crippen LogP) is 3.82. The van der Waals surface area contributed by atoms with Crippen molar-refractivity contribution in [2.45, 2.75) is 51.2 Å². The number of fused-ring (bicyclic) bond motifs is 6. The van der Waals surface area contributed by atoms with Gasteiger partial charge in [0.15, 0.2) is 11.5 Å². The molecule has 49 heavy (non-hydrogen) atoms. The minimum atomic E-state index is -1.11. The summed E-state index contributed by atoms with van der Waals surface area (Å²) in [5.74, 6) is -0.450. The van der Waals surface area contributed by atoms with Crippen LogP contribution in [0, 0.1) is 5.92 Å². The fourth-order valence-corrected chi connectivity index (χ4v) is 6.43. The number of nitrogens with one attached hydrogen (secondary N) is 3. The summed E-state index contributed by atoms with van der Waals surface area (Å²) < 4.78 is 13.4. The Morgan fingerprint density at radius 1 is 1.02 bits per heavy atom. The van der Waals surface area contributed by atoms with E-state index in [1.165, 1.54) is 20.4 Å². The van der Waals surface area contributed by atoms with Crippen LogP contribution in [0.5, 0.6) is 11.5 Å². The number of carbonyl (C=O) groups excluding carboxylic acids is 4. The number of nitrogens with zero attached hydrogens (tertiary/aromatic N) is 3. The molecule has 4 aromatic rings. The van der Waals surface area contributed by atoms with E-state index in [2.05, 4.69) is 20.9 Å². The maximum absolute atomic E-state index is 14.3. The molecule has 0 radical (unpaired) electrons. The van der Waals surface area contributed by atoms with E-state index in [1.54, 1.807) is 17.2 Å². The van der Waals surface area contributed by atoms with Gasteiger partial charge in [0.05, 0.1) is 19.8 Å². The van der Waals surface area contributed by atoms with E-state index in [-0.39, 0.29) is 42.9 Å². The fourth-order valence-electron chi connectivity index (χ4n) is 6.43. The fraction of sp³-hybridized carbons (Fsp3) is 0.378. The molecule has 4 bridgehead atoms. The van der Waals surface area contributed by atoms with Crippen LogP contribution in [0.4, 0.5) is 0 Å². The van der Waals surface area contributed by atoms with Crippen LogP contribution in [0.15, 0.2) is 60.9 Å². The Hall–Kier alpha value is -5.39. The Morgan fingerprint density at radius 3 is 2.47 bits per heavy atom. The first-order valence-electron chi connectivity index (χ1n) is 16.5. The Labute approximate surface area is 285 Å². The van der Waals surface area contributed by atoms with Crippen LogP contribution in [0.2, 0.25) is 0 Å². The molecular weight excluding hydrogens is 624 g/mol. The number of carbonyl (C=O) groups is 4. The van der Waals surface area contributed by atoms with Crippen LogP contribution in [0.1, 0.15) is 59.5 Å². The second-order valence-electron chi connectivity index (χ2n) is 13.2. The SMILES string of the molecule is COc1cc2cc(c1OC)-c1cncc(c1)C(=O)NC1(CC1)C(=O)N[C@H](CC(C)C)C(=O)NCCN(C(=O)c1cc3ccccc3n1C)C2. The van der Waals surface area contributed by atoms with Crippen LogP contribution in [-0.4, -0.2) is 77.0 Å². The second kappa shape index (κ2) is 13.6. The Morgan fingerprint density at radius 2 is 1.78 bits per heavy atom. The minimum Gasteiger partial charge on any atom is -0.493 e. The molecule has 6 rings (SSSR count). The van der Waals surface area contributed by atoms with Gasteiger partial charge in [-0.15, -0.1) is 0 Å². The Bertz CT molecular complexity index is 1930. The average molecular weight is 667 g/mol. The third-order valence-electron chi connectivity index (χ3n) is 9.23. The summed E-state index contributed by atoms with van der Waals surface area (Å²) in [6.07, 6.45) is 4.37. The lowest BCUT2D eigenvalue weighted by molar-refractivity contribution is -0.130. The summed E-state index contributed by atoms with van der Waals surface area (Å²) in [4.78, 5) is 61.0. The number of pyridine rings is 1. The van der Waals surface area contributed by atoms with E-state index < -0.39 is 23.4 Å². The third kappa shape index (κ3) is 6.81. The van der Waals surface area contributed by atoms with Gasteiger partial charge in [-0.05, 0) is 61.1 Å². The van der Waals surface area contributed by atoms with Crippen LogP contribution in [0.3, 0.4) is 0 Å². The molecule has 2 aliphatic rings. The molecule has 3 heterocycles. The van der Waals surface area contributed by atoms with Gasteiger partial charge in [-0.25, -0.2) is 0 Å². The van der Waals surface area contributed by atoms with Gasteiger partial charge in [0.25, 0.3) is 11.8 Å². The first-order valence-corrected chi connectivity index (χ1v) is 16.5. The molecule has 3 N–H and O–H groups in total. The van der Waals surface area contributed by atoms with E-state index in [9.17, 15) is 19.2 Å². The monoisotopic (exact) mass is 666 g/mol. The summed E-state index contributed by atoms with van der Waals surface area (Å²) in [5, 5.41) is 9.69. The van der Waals surface area contributed by atoms with Crippen LogP contribution in [-0.2, 0) is 23.2 Å². The lowest BCUT2D eigenvalue weighted by atomic mass is 10.00. The van der Waals surface area contributed by atoms with Crippen molar-refractivity contribution in [3.63, 3.8) is 0 Å². The van der Waals surface area contributed by atoms with Crippen LogP contribution < -0.4 is 25.4 Å². The van der Waals surface area contributed by atoms with Crippen molar-refractivity contribution < 1.29 is 28.7 Å². The Balaban J connectivity index is 1.44. The summed E-state index contributed by atoms with van der Waals surface area (Å²) in [6, 6.07) is 14.2. The number of aromatic nitrogens is 2. The largest absolute Gasteiger partial charge is 0.493 e. The van der Waals surface area contributed by atoms with Crippen molar-refractivity contribution in [2.24, 2.45) is 13.0 Å². The highest BCUT2D eigenvalue weighted by atomic mass is 16.5. The number of aryl methyl sites for hydroxylation is 1. The quantitative estimate of drug-likeness (QED) is 0.294. The predicted molar refractivity (Wildman–Crippen MR) is 184 cm³/mol. The normalized spacial score (nSPS) is 18.0. The number of para-hydroxylation sites is 1. The molecule has 256 valence electrons. The van der Waals surface area contributed by atoms with Crippen molar-refractivity contribution in [1.82, 2.24) is 30.4 Å². The van der Waals surface area contributed by atoms with Gasteiger partial charge >= 0.3 is 0 Å². The number of rotatable bonds is 5. The molecular formula is C37H42N6O6. The molecule has 2 aromatic heterocycles. The lowest BCUT2D eigenvalue weighted by Gasteiger charge is -2.27. The molecule has 1 fully saturated rings. The number of ether oxygens (including phenoxy) is 2. The zero-order chi connectivity index (χ0) is 34.9. The number of benzene rings is 2. The average Bonchev–Trinajstić information content (AvgIpc) is 3.81. The highest BCUT2D eigenvalue weighted by molar-refractivity contribution is 6.02. The maximum atomic E-state index is 14.3. The van der Waals surface area contributed by atoms with Crippen molar-refractivity contribution in [2.75, 3.05) is 27.3 Å². The molecule has 0 saturated heterocycles. The van der Waals surface area contributed by atoms with Crippen LogP contribution >= 0.6 is 0 Å². The zero-order valence-corrected chi connectivity index (χ0v) is 28.5. The maximum Gasteiger partial charge on any atom is 0.270 e. The van der Waals surface area contributed by atoms with Crippen LogP contribution in [0.25, 0.3) is 22.0 Å². The van der Waals surface area contributed by atoms with Gasteiger partial charge < -0.3 is 34.9 Å². The zero-order valence-electron chi connectivity index (χ0n) is 28.5. The van der Waals surface area contributed by atoms with Crippen molar-refractivity contribution >= 4 is 34.5 Å². The van der Waals surface area contributed by atoms with E-state index in [0.29, 0.717) is 47.6 Å². The molecule has 0 unspecified atom stereocenters. The molecule has 1 aliphatic heterocycles. The highest BCUT2D eigenvalue weighted by Crippen LogP contribution is 2.40. The van der Waals surface area contributed by atoms with Gasteiger partial charge in [-0.3, -0.25) is 24.2 Å². The molecule has 4 amide bonds. The summed E-state index contributed by atoms with van der Waals surface area (Å²) in [5.41, 5.74) is 2.51. The van der Waals surface area contributed by atoms with Gasteiger partial charge in [-0.1, -0.05) is 32.0 Å². The van der Waals surface area contributed by atoms with E-state index in [0.717, 1.165) is 16.5 Å². The first kappa shape index (κ1) is 33.5. The standard InChI is InChI=1S/C37H42N6O6/c1-22(2)14-28-34(45)39-12-13-43(35(46)30-18-24-8-6-7-9-29(24)42(30)3)21-23-15-27(32(49-5)31(16-23)48-4)25-17-26(20-38-19-25)33(44)41-37(10-11-37)36(47)40-28/h6-9,15-20,22,28H,10-14,21H2,1-5H3,(H,39,45)(H,40,47)(H,41,44)/t28-/m1/s1. The van der Waals surface area contributed by atoms with E-state index >= 15 is 0 Å². The number of hydrogen-bond acceptors (Lipinski definition) is 7. The van der Waals surface area contributed by atoms with Gasteiger partial charge in [0, 0.05) is 61.1 Å². The molecule has 1 atom stereocenters. The minimum absolute atomic E-state index is 0.108. The molecule has 1 aliphatic carbocycles. The van der Waals surface area contributed by atoms with Gasteiger partial charge in [-0.2, -0.15) is 0 Å². The van der Waals surface area contributed by atoms with Gasteiger partial charge in [0.1, 0.15) is 17.3 Å². The number of hydrogen-bond donors (Lipinski definition) is 3. The molecule has 1 spiro atoms. The van der Waals surface area contributed by atoms with Gasteiger partial charge in [0.2, 0.25) is 11.8 Å². The molecule has 1 saturated carbocycles. The molecule has 12 heteroatoms. The summed E-state index contributed by atoms with van der Waals surface area (Å²) >= 11 is 0. The van der Waals surface area contributed by atoms with E-state index in [4.69, 9.17) is 9.47 Å². The summed E-state index contributed by atoms with van der Waals surface area (Å²) in [7, 11) is 4.92. The number of amides is 4. The van der Waals surface area contributed by atoms with Crippen molar-refractivity contribution in [3.8, 4) is 22.6 Å². The second-order valence-corrected chi connectivity index (χ2v) is 13.2. The third-order valence-corrected chi connectivity index (χ3v) is 9.23. The summed E-state index contributed by atoms with van der Waals surface area (Å²) in [6.45, 7) is 4.45. The topological polar surface area (TPSA) is 144 Å². The van der Waals surface area contributed by atoms with Crippen molar-refractivity contribution in [1.29, 1.82) is 0 Å². The van der Waals surface area contributed by atoms with E-state index in [1.807, 2.05) is 67.9 Å². The molecule has 12 nitrogen and oxygen atoms in total. The number of methoxy groups -OCH3 is 2. The van der Waals surface area contributed by atoms with Crippen molar-refractivity contribution in [3.05, 3.63) is 77.7 Å². The first-order chi connectivity index (χ1) is 23.5. The Kier molecular flexibility index (Phi) is 9.31. The highest BCUT2D eigenvalue weighted by Gasteiger charge is 2.52. The smallest absolute Gasteiger partial charge is 0.270 e. The lowest BCUT2D eigenvalue weighted by Crippen LogP contribution is -2.56.